The summed E-state index contributed by atoms with van der Waals surface area (Å²) >= 11 is 0. The Morgan fingerprint density at radius 3 is 2.33 bits per heavy atom. The molecule has 0 saturated heterocycles. The van der Waals surface area contributed by atoms with Crippen LogP contribution in [-0.4, -0.2) is 39.0 Å². The minimum atomic E-state index is -0.587. The summed E-state index contributed by atoms with van der Waals surface area (Å²) in [7, 11) is 0. The maximum atomic E-state index is 12.1. The lowest BCUT2D eigenvalue weighted by Gasteiger charge is -2.29. The molecule has 21 heavy (non-hydrogen) atoms. The van der Waals surface area contributed by atoms with Gasteiger partial charge in [0.05, 0.1) is 4.92 Å². The van der Waals surface area contributed by atoms with E-state index in [1.807, 2.05) is 6.92 Å². The van der Waals surface area contributed by atoms with E-state index in [-0.39, 0.29) is 11.6 Å². The van der Waals surface area contributed by atoms with Crippen LogP contribution in [0.15, 0.2) is 12.4 Å². The standard InChI is InChI=1S/C13H20N4O4/c1-6-16(9(2)11(18)21-13(3,4)5)12-14-7-10(8-15-12)17(19)20/h7-9H,6H2,1-5H3. The molecule has 8 nitrogen and oxygen atoms in total. The fraction of sp³-hybridized carbons (Fsp3) is 0.615. The van der Waals surface area contributed by atoms with Crippen molar-refractivity contribution in [2.24, 2.45) is 0 Å². The Morgan fingerprint density at radius 1 is 1.43 bits per heavy atom. The highest BCUT2D eigenvalue weighted by Crippen LogP contribution is 2.17. The number of esters is 1. The first kappa shape index (κ1) is 16.8. The lowest BCUT2D eigenvalue weighted by atomic mass is 10.2. The summed E-state index contributed by atoms with van der Waals surface area (Å²) in [5.74, 6) is -0.146. The summed E-state index contributed by atoms with van der Waals surface area (Å²) in [6.07, 6.45) is 2.24. The molecular formula is C13H20N4O4. The van der Waals surface area contributed by atoms with Gasteiger partial charge in [-0.1, -0.05) is 0 Å². The highest BCUT2D eigenvalue weighted by molar-refractivity contribution is 5.79. The van der Waals surface area contributed by atoms with Gasteiger partial charge in [0.1, 0.15) is 24.0 Å². The summed E-state index contributed by atoms with van der Waals surface area (Å²) in [6, 6.07) is -0.587. The Hall–Kier alpha value is -2.25. The molecule has 1 rings (SSSR count). The highest BCUT2D eigenvalue weighted by atomic mass is 16.6. The van der Waals surface area contributed by atoms with Gasteiger partial charge in [0.25, 0.3) is 0 Å². The topological polar surface area (TPSA) is 98.5 Å². The third-order valence-electron chi connectivity index (χ3n) is 2.65. The van der Waals surface area contributed by atoms with Crippen LogP contribution in [0.2, 0.25) is 0 Å². The summed E-state index contributed by atoms with van der Waals surface area (Å²) in [5.41, 5.74) is -0.777. The largest absolute Gasteiger partial charge is 0.458 e. The van der Waals surface area contributed by atoms with Gasteiger partial charge in [-0.3, -0.25) is 10.1 Å². The first-order valence-electron chi connectivity index (χ1n) is 6.61. The van der Waals surface area contributed by atoms with E-state index in [9.17, 15) is 14.9 Å². The minimum Gasteiger partial charge on any atom is -0.458 e. The molecule has 0 aliphatic heterocycles. The first-order valence-corrected chi connectivity index (χ1v) is 6.61. The van der Waals surface area contributed by atoms with E-state index >= 15 is 0 Å². The fourth-order valence-electron chi connectivity index (χ4n) is 1.66. The molecule has 0 radical (unpaired) electrons. The number of aromatic nitrogens is 2. The molecule has 0 aromatic carbocycles. The molecule has 0 amide bonds. The van der Waals surface area contributed by atoms with E-state index in [1.165, 1.54) is 0 Å². The van der Waals surface area contributed by atoms with Crippen LogP contribution in [0.1, 0.15) is 34.6 Å². The van der Waals surface area contributed by atoms with Gasteiger partial charge in [-0.05, 0) is 34.6 Å². The number of hydrogen-bond donors (Lipinski definition) is 0. The van der Waals surface area contributed by atoms with E-state index in [2.05, 4.69) is 9.97 Å². The molecule has 0 bridgehead atoms. The molecule has 1 aromatic rings. The smallest absolute Gasteiger partial charge is 0.329 e. The van der Waals surface area contributed by atoms with Gasteiger partial charge in [-0.25, -0.2) is 14.8 Å². The van der Waals surface area contributed by atoms with Crippen molar-refractivity contribution in [2.45, 2.75) is 46.3 Å². The number of hydrogen-bond acceptors (Lipinski definition) is 7. The number of likely N-dealkylation sites (N-methyl/N-ethyl adjacent to an activating group) is 1. The third-order valence-corrected chi connectivity index (χ3v) is 2.65. The molecule has 0 fully saturated rings. The predicted molar refractivity (Wildman–Crippen MR) is 77.0 cm³/mol. The molecule has 0 spiro atoms. The third kappa shape index (κ3) is 4.66. The van der Waals surface area contributed by atoms with Crippen LogP contribution in [-0.2, 0) is 9.53 Å². The zero-order valence-electron chi connectivity index (χ0n) is 12.9. The predicted octanol–water partition coefficient (Wildman–Crippen LogP) is 1.94. The number of nitrogens with zero attached hydrogens (tertiary/aromatic N) is 4. The van der Waals surface area contributed by atoms with Crippen molar-refractivity contribution < 1.29 is 14.5 Å². The Morgan fingerprint density at radius 2 is 1.95 bits per heavy atom. The second-order valence-electron chi connectivity index (χ2n) is 5.49. The second kappa shape index (κ2) is 6.47. The molecule has 116 valence electrons. The van der Waals surface area contributed by atoms with Gasteiger partial charge in [-0.2, -0.15) is 0 Å². The molecule has 0 N–H and O–H groups in total. The molecule has 0 aliphatic carbocycles. The van der Waals surface area contributed by atoms with Gasteiger partial charge in [0.2, 0.25) is 5.95 Å². The van der Waals surface area contributed by atoms with Crippen molar-refractivity contribution in [1.29, 1.82) is 0 Å². The quantitative estimate of drug-likeness (QED) is 0.465. The SMILES string of the molecule is CCN(c1ncc([N+](=O)[O-])cn1)C(C)C(=O)OC(C)(C)C. The molecular weight excluding hydrogens is 276 g/mol. The minimum absolute atomic E-state index is 0.195. The number of rotatable bonds is 5. The van der Waals surface area contributed by atoms with Crippen molar-refractivity contribution >= 4 is 17.6 Å². The van der Waals surface area contributed by atoms with Gasteiger partial charge in [0, 0.05) is 6.54 Å². The summed E-state index contributed by atoms with van der Waals surface area (Å²) in [5, 5.41) is 10.6. The Balaban J connectivity index is 2.91. The molecule has 1 aromatic heterocycles. The first-order chi connectivity index (χ1) is 9.65. The van der Waals surface area contributed by atoms with Gasteiger partial charge < -0.3 is 9.64 Å². The van der Waals surface area contributed by atoms with Crippen molar-refractivity contribution in [3.63, 3.8) is 0 Å². The zero-order valence-corrected chi connectivity index (χ0v) is 12.9. The summed E-state index contributed by atoms with van der Waals surface area (Å²) in [4.78, 5) is 31.6. The van der Waals surface area contributed by atoms with Crippen molar-refractivity contribution in [3.05, 3.63) is 22.5 Å². The lowest BCUT2D eigenvalue weighted by Crippen LogP contribution is -2.43. The van der Waals surface area contributed by atoms with Crippen LogP contribution in [0.3, 0.4) is 0 Å². The van der Waals surface area contributed by atoms with Gasteiger partial charge in [0.15, 0.2) is 0 Å². The van der Waals surface area contributed by atoms with E-state index < -0.39 is 22.5 Å². The summed E-state index contributed by atoms with van der Waals surface area (Å²) < 4.78 is 5.32. The fourth-order valence-corrected chi connectivity index (χ4v) is 1.66. The van der Waals surface area contributed by atoms with Crippen LogP contribution >= 0.6 is 0 Å². The molecule has 1 heterocycles. The number of carbonyl (C=O) groups excluding carboxylic acids is 1. The van der Waals surface area contributed by atoms with E-state index in [0.29, 0.717) is 6.54 Å². The monoisotopic (exact) mass is 296 g/mol. The second-order valence-corrected chi connectivity index (χ2v) is 5.49. The molecule has 1 unspecified atom stereocenters. The lowest BCUT2D eigenvalue weighted by molar-refractivity contribution is -0.385. The molecule has 1 atom stereocenters. The Labute approximate surface area is 123 Å². The van der Waals surface area contributed by atoms with Crippen molar-refractivity contribution in [3.8, 4) is 0 Å². The van der Waals surface area contributed by atoms with Gasteiger partial charge in [-0.15, -0.1) is 0 Å². The maximum Gasteiger partial charge on any atom is 0.329 e. The number of nitro groups is 1. The van der Waals surface area contributed by atoms with E-state index in [0.717, 1.165) is 12.4 Å². The average Bonchev–Trinajstić information content (AvgIpc) is 2.38. The number of anilines is 1. The summed E-state index contributed by atoms with van der Waals surface area (Å²) in [6.45, 7) is 9.36. The zero-order chi connectivity index (χ0) is 16.2. The van der Waals surface area contributed by atoms with Gasteiger partial charge >= 0.3 is 11.7 Å². The van der Waals surface area contributed by atoms with E-state index in [4.69, 9.17) is 4.74 Å². The Bertz CT molecular complexity index is 510. The normalized spacial score (nSPS) is 12.6. The van der Waals surface area contributed by atoms with Crippen molar-refractivity contribution in [2.75, 3.05) is 11.4 Å². The van der Waals surface area contributed by atoms with Crippen LogP contribution in [0, 0.1) is 10.1 Å². The molecule has 0 saturated carbocycles. The number of ether oxygens (including phenoxy) is 1. The Kier molecular flexibility index (Phi) is 5.17. The van der Waals surface area contributed by atoms with Crippen LogP contribution < -0.4 is 4.90 Å². The van der Waals surface area contributed by atoms with Crippen molar-refractivity contribution in [1.82, 2.24) is 9.97 Å². The molecule has 8 heteroatoms. The average molecular weight is 296 g/mol. The highest BCUT2D eigenvalue weighted by Gasteiger charge is 2.27. The van der Waals surface area contributed by atoms with Crippen LogP contribution in [0.4, 0.5) is 11.6 Å². The molecule has 0 aliphatic rings. The van der Waals surface area contributed by atoms with Crippen LogP contribution in [0.25, 0.3) is 0 Å². The maximum absolute atomic E-state index is 12.1. The number of carbonyl (C=O) groups is 1. The van der Waals surface area contributed by atoms with E-state index in [1.54, 1.807) is 32.6 Å². The van der Waals surface area contributed by atoms with Crippen LogP contribution in [0.5, 0.6) is 0 Å².